The van der Waals surface area contributed by atoms with Crippen molar-refractivity contribution in [1.82, 2.24) is 20.2 Å². The van der Waals surface area contributed by atoms with Gasteiger partial charge in [-0.15, -0.1) is 0 Å². The van der Waals surface area contributed by atoms with E-state index in [9.17, 15) is 26.8 Å². The average molecular weight is 525 g/mol. The van der Waals surface area contributed by atoms with Gasteiger partial charge in [0, 0.05) is 25.2 Å². The lowest BCUT2D eigenvalue weighted by Gasteiger charge is -2.30. The standard InChI is InChI=1S/C24H30F2N4O5S/c1-5-36(33,34)22-27-13-15-8-9-30(14-20(15)29-22)21(31)12-18(28-23(32)35-24(2,3)4)11-16-10-17(25)6-7-19(16)26/h6-7,10,13,18H,5,8-9,11-12,14H2,1-4H3,(H,28,32)/t18-/m1/s1. The summed E-state index contributed by atoms with van der Waals surface area (Å²) in [6.07, 6.45) is 0.751. The van der Waals surface area contributed by atoms with Crippen molar-refractivity contribution in [3.8, 4) is 0 Å². The number of nitrogens with one attached hydrogen (secondary N) is 1. The number of alkyl carbamates (subject to hydrolysis) is 1. The van der Waals surface area contributed by atoms with Crippen LogP contribution in [0.1, 0.15) is 50.9 Å². The van der Waals surface area contributed by atoms with E-state index < -0.39 is 39.2 Å². The van der Waals surface area contributed by atoms with Crippen molar-refractivity contribution in [3.05, 3.63) is 52.9 Å². The molecule has 1 aliphatic heterocycles. The van der Waals surface area contributed by atoms with E-state index in [2.05, 4.69) is 15.3 Å². The SMILES string of the molecule is CCS(=O)(=O)c1ncc2c(n1)CN(C(=O)C[C@@H](Cc1cc(F)ccc1F)NC(=O)OC(C)(C)C)CC2. The zero-order chi connectivity index (χ0) is 26.7. The molecular weight excluding hydrogens is 494 g/mol. The number of aromatic nitrogens is 2. The Bertz CT molecular complexity index is 1250. The van der Waals surface area contributed by atoms with Crippen molar-refractivity contribution < 1.29 is 31.5 Å². The molecular formula is C24H30F2N4O5S. The Kier molecular flexibility index (Phi) is 8.27. The predicted octanol–water partition coefficient (Wildman–Crippen LogP) is 2.96. The van der Waals surface area contributed by atoms with E-state index in [1.54, 1.807) is 20.8 Å². The van der Waals surface area contributed by atoms with E-state index in [4.69, 9.17) is 4.74 Å². The highest BCUT2D eigenvalue weighted by molar-refractivity contribution is 7.91. The molecule has 1 N–H and O–H groups in total. The minimum Gasteiger partial charge on any atom is -0.444 e. The van der Waals surface area contributed by atoms with Gasteiger partial charge in [-0.1, -0.05) is 6.92 Å². The number of carbonyl (C=O) groups excluding carboxylic acids is 2. The summed E-state index contributed by atoms with van der Waals surface area (Å²) in [5.41, 5.74) is 0.397. The van der Waals surface area contributed by atoms with Crippen LogP contribution in [0.15, 0.2) is 29.6 Å². The fraction of sp³-hybridized carbons (Fsp3) is 0.500. The fourth-order valence-electron chi connectivity index (χ4n) is 3.73. The quantitative estimate of drug-likeness (QED) is 0.553. The van der Waals surface area contributed by atoms with E-state index in [-0.39, 0.29) is 41.8 Å². The van der Waals surface area contributed by atoms with Gasteiger partial charge in [0.25, 0.3) is 0 Å². The van der Waals surface area contributed by atoms with E-state index in [0.29, 0.717) is 18.7 Å². The van der Waals surface area contributed by atoms with Crippen LogP contribution in [0.2, 0.25) is 0 Å². The highest BCUT2D eigenvalue weighted by atomic mass is 32.2. The van der Waals surface area contributed by atoms with Gasteiger partial charge in [0.2, 0.25) is 20.9 Å². The van der Waals surface area contributed by atoms with E-state index in [1.165, 1.54) is 18.0 Å². The van der Waals surface area contributed by atoms with Crippen molar-refractivity contribution in [2.75, 3.05) is 12.3 Å². The van der Waals surface area contributed by atoms with Gasteiger partial charge in [-0.25, -0.2) is 32.0 Å². The van der Waals surface area contributed by atoms with Gasteiger partial charge in [-0.3, -0.25) is 4.79 Å². The minimum atomic E-state index is -3.61. The summed E-state index contributed by atoms with van der Waals surface area (Å²) >= 11 is 0. The van der Waals surface area contributed by atoms with Crippen LogP contribution >= 0.6 is 0 Å². The third kappa shape index (κ3) is 7.19. The third-order valence-electron chi connectivity index (χ3n) is 5.55. The van der Waals surface area contributed by atoms with Crippen molar-refractivity contribution >= 4 is 21.8 Å². The van der Waals surface area contributed by atoms with Crippen LogP contribution in [-0.2, 0) is 38.8 Å². The first-order chi connectivity index (χ1) is 16.8. The minimum absolute atomic E-state index is 0.00926. The van der Waals surface area contributed by atoms with Crippen LogP contribution in [0.4, 0.5) is 13.6 Å². The first-order valence-electron chi connectivity index (χ1n) is 11.6. The second kappa shape index (κ2) is 10.9. The molecule has 1 atom stereocenters. The molecule has 2 amide bonds. The summed E-state index contributed by atoms with van der Waals surface area (Å²) in [6, 6.07) is 2.11. The van der Waals surface area contributed by atoms with Gasteiger partial charge in [0.15, 0.2) is 0 Å². The summed E-state index contributed by atoms with van der Waals surface area (Å²) in [5.74, 6) is -1.81. The summed E-state index contributed by atoms with van der Waals surface area (Å²) in [5, 5.41) is 2.30. The topological polar surface area (TPSA) is 119 Å². The molecule has 1 aliphatic rings. The second-order valence-corrected chi connectivity index (χ2v) is 11.8. The highest BCUT2D eigenvalue weighted by Gasteiger charge is 2.28. The van der Waals surface area contributed by atoms with Gasteiger partial charge >= 0.3 is 6.09 Å². The van der Waals surface area contributed by atoms with Crippen LogP contribution in [-0.4, -0.2) is 59.2 Å². The Balaban J connectivity index is 1.78. The fourth-order valence-corrected chi connectivity index (χ4v) is 4.45. The van der Waals surface area contributed by atoms with Crippen molar-refractivity contribution in [2.45, 2.75) is 70.3 Å². The molecule has 9 nitrogen and oxygen atoms in total. The van der Waals surface area contributed by atoms with Crippen LogP contribution in [0.5, 0.6) is 0 Å². The molecule has 196 valence electrons. The number of hydrogen-bond donors (Lipinski definition) is 1. The highest BCUT2D eigenvalue weighted by Crippen LogP contribution is 2.21. The molecule has 0 spiro atoms. The molecule has 2 aromatic rings. The molecule has 2 heterocycles. The molecule has 0 saturated carbocycles. The molecule has 36 heavy (non-hydrogen) atoms. The number of nitrogens with zero attached hydrogens (tertiary/aromatic N) is 3. The van der Waals surface area contributed by atoms with E-state index in [1.807, 2.05) is 0 Å². The number of amides is 2. The molecule has 0 saturated heterocycles. The number of ether oxygens (including phenoxy) is 1. The van der Waals surface area contributed by atoms with Gasteiger partial charge in [-0.05, 0) is 62.9 Å². The van der Waals surface area contributed by atoms with Gasteiger partial charge < -0.3 is 15.0 Å². The maximum Gasteiger partial charge on any atom is 0.407 e. The van der Waals surface area contributed by atoms with Crippen molar-refractivity contribution in [1.29, 1.82) is 0 Å². The molecule has 0 fully saturated rings. The Morgan fingerprint density at radius 2 is 1.97 bits per heavy atom. The largest absolute Gasteiger partial charge is 0.444 e. The molecule has 1 aromatic heterocycles. The molecule has 0 unspecified atom stereocenters. The van der Waals surface area contributed by atoms with Crippen LogP contribution < -0.4 is 5.32 Å². The summed E-state index contributed by atoms with van der Waals surface area (Å²) in [6.45, 7) is 6.93. The molecule has 0 bridgehead atoms. The van der Waals surface area contributed by atoms with Gasteiger partial charge in [0.1, 0.15) is 17.2 Å². The van der Waals surface area contributed by atoms with Crippen molar-refractivity contribution in [2.24, 2.45) is 0 Å². The normalized spacial score (nSPS) is 14.7. The van der Waals surface area contributed by atoms with Crippen LogP contribution in [0, 0.1) is 11.6 Å². The maximum absolute atomic E-state index is 14.3. The Morgan fingerprint density at radius 1 is 1.25 bits per heavy atom. The monoisotopic (exact) mass is 524 g/mol. The first kappa shape index (κ1) is 27.4. The lowest BCUT2D eigenvalue weighted by molar-refractivity contribution is -0.132. The second-order valence-electron chi connectivity index (χ2n) is 9.58. The lowest BCUT2D eigenvalue weighted by Crippen LogP contribution is -2.45. The number of halogens is 2. The first-order valence-corrected chi connectivity index (χ1v) is 13.2. The number of carbonyl (C=O) groups is 2. The summed E-state index contributed by atoms with van der Waals surface area (Å²) in [4.78, 5) is 35.2. The number of hydrogen-bond acceptors (Lipinski definition) is 7. The smallest absolute Gasteiger partial charge is 0.407 e. The van der Waals surface area contributed by atoms with Crippen molar-refractivity contribution in [3.63, 3.8) is 0 Å². The summed E-state index contributed by atoms with van der Waals surface area (Å²) in [7, 11) is -3.61. The Morgan fingerprint density at radius 3 is 2.64 bits per heavy atom. The molecule has 3 rings (SSSR count). The summed E-state index contributed by atoms with van der Waals surface area (Å²) < 4.78 is 57.6. The Labute approximate surface area is 209 Å². The predicted molar refractivity (Wildman–Crippen MR) is 127 cm³/mol. The van der Waals surface area contributed by atoms with Crippen LogP contribution in [0.25, 0.3) is 0 Å². The van der Waals surface area contributed by atoms with E-state index >= 15 is 0 Å². The van der Waals surface area contributed by atoms with E-state index in [0.717, 1.165) is 23.8 Å². The molecule has 0 radical (unpaired) electrons. The number of benzene rings is 1. The zero-order valence-corrected chi connectivity index (χ0v) is 21.5. The number of rotatable bonds is 7. The number of sulfone groups is 1. The van der Waals surface area contributed by atoms with Crippen LogP contribution in [0.3, 0.4) is 0 Å². The maximum atomic E-state index is 14.3. The molecule has 1 aromatic carbocycles. The van der Waals surface area contributed by atoms with Gasteiger partial charge in [-0.2, -0.15) is 0 Å². The third-order valence-corrected chi connectivity index (χ3v) is 7.06. The molecule has 0 aliphatic carbocycles. The van der Waals surface area contributed by atoms with Gasteiger partial charge in [0.05, 0.1) is 18.0 Å². The molecule has 12 heteroatoms. The Hall–Kier alpha value is -3.15. The lowest BCUT2D eigenvalue weighted by atomic mass is 10.0. The number of fused-ring (bicyclic) bond motifs is 1. The zero-order valence-electron chi connectivity index (χ0n) is 20.7. The average Bonchev–Trinajstić information content (AvgIpc) is 2.79.